The number of nitro groups is 1. The monoisotopic (exact) mass is 765 g/mol. The lowest BCUT2D eigenvalue weighted by atomic mass is 9.52. The molecule has 3 aromatic heterocycles. The maximum absolute atomic E-state index is 15.0. The van der Waals surface area contributed by atoms with E-state index in [-0.39, 0.29) is 36.6 Å². The van der Waals surface area contributed by atoms with Crippen molar-refractivity contribution in [2.45, 2.75) is 39.2 Å². The number of benzene rings is 2. The van der Waals surface area contributed by atoms with Crippen LogP contribution in [0, 0.1) is 46.1 Å². The molecule has 2 aliphatic carbocycles. The molecule has 6 unspecified atom stereocenters. The van der Waals surface area contributed by atoms with Crippen molar-refractivity contribution >= 4 is 73.8 Å². The summed E-state index contributed by atoms with van der Waals surface area (Å²) in [6, 6.07) is 16.1. The summed E-state index contributed by atoms with van der Waals surface area (Å²) in [4.78, 5) is 72.1. The molecule has 4 aliphatic rings. The number of allylic oxidation sites excluding steroid dienone is 2. The molecule has 0 spiro atoms. The van der Waals surface area contributed by atoms with E-state index in [1.807, 2.05) is 31.2 Å². The number of amides is 4. The number of halogens is 1. The Balaban J connectivity index is 1.13. The number of imide groups is 2. The maximum atomic E-state index is 15.0. The molecule has 6 atom stereocenters. The minimum absolute atomic E-state index is 0.105. The number of carbonyl (C=O) groups is 4. The fraction of sp³-hybridized carbons (Fsp3) is 0.308. The van der Waals surface area contributed by atoms with Gasteiger partial charge < -0.3 is 9.52 Å². The number of non-ortho nitro benzene ring substituents is 1. The Bertz CT molecular complexity index is 2540. The number of anilines is 2. The molecule has 5 heterocycles. The average Bonchev–Trinajstić information content (AvgIpc) is 3.94. The van der Waals surface area contributed by atoms with Crippen LogP contribution in [0.1, 0.15) is 42.8 Å². The van der Waals surface area contributed by atoms with E-state index < -0.39 is 63.6 Å². The number of aryl methyl sites for hydroxylation is 2. The van der Waals surface area contributed by atoms with E-state index in [4.69, 9.17) is 21.1 Å². The Labute approximate surface area is 316 Å². The second kappa shape index (κ2) is 12.0. The Morgan fingerprint density at radius 1 is 1.04 bits per heavy atom. The van der Waals surface area contributed by atoms with E-state index >= 15 is 0 Å². The van der Waals surface area contributed by atoms with E-state index in [9.17, 15) is 34.4 Å². The van der Waals surface area contributed by atoms with E-state index in [2.05, 4.69) is 0 Å². The number of hydrogen-bond acceptors (Lipinski definition) is 10. The zero-order valence-corrected chi connectivity index (χ0v) is 30.8. The van der Waals surface area contributed by atoms with Gasteiger partial charge >= 0.3 is 0 Å². The molecular weight excluding hydrogens is 734 g/mol. The standard InChI is InChI=1S/C39H32ClN5O8S/c1-18-25-13-19(40)7-12-30(25)54-34(18)28-16-31(42(3)41-28)44-36(48)27-15-26-23(33(39(27,2)38(44)50)29-11-8-22(17-46)53-29)9-10-24-32(26)37(49)43(35(24)47)20-5-4-6-21(14-20)45(51)52/h4-9,11-14,16,24,26-27,32-33,46H,10,15,17H2,1-3H3. The van der Waals surface area contributed by atoms with Gasteiger partial charge in [-0.1, -0.05) is 29.3 Å². The maximum Gasteiger partial charge on any atom is 0.271 e. The molecule has 9 rings (SSSR count). The number of aliphatic hydroxyl groups excluding tert-OH is 1. The molecule has 13 nitrogen and oxygen atoms in total. The van der Waals surface area contributed by atoms with Gasteiger partial charge in [0.2, 0.25) is 23.6 Å². The number of fused-ring (bicyclic) bond motifs is 5. The minimum Gasteiger partial charge on any atom is -0.463 e. The van der Waals surface area contributed by atoms with Crippen molar-refractivity contribution in [3.8, 4) is 10.6 Å². The highest BCUT2D eigenvalue weighted by Crippen LogP contribution is 2.64. The number of thiophene rings is 1. The van der Waals surface area contributed by atoms with Crippen LogP contribution in [0.4, 0.5) is 17.2 Å². The third-order valence-corrected chi connectivity index (χ3v) is 13.4. The minimum atomic E-state index is -1.36. The summed E-state index contributed by atoms with van der Waals surface area (Å²) < 4.78 is 8.66. The number of furan rings is 1. The van der Waals surface area contributed by atoms with Crippen molar-refractivity contribution in [1.82, 2.24) is 9.78 Å². The third kappa shape index (κ3) is 4.69. The van der Waals surface area contributed by atoms with Crippen molar-refractivity contribution < 1.29 is 33.6 Å². The molecule has 0 bridgehead atoms. The summed E-state index contributed by atoms with van der Waals surface area (Å²) in [6.45, 7) is 3.35. The smallest absolute Gasteiger partial charge is 0.271 e. The molecule has 3 fully saturated rings. The van der Waals surface area contributed by atoms with Gasteiger partial charge in [0.25, 0.3) is 5.69 Å². The van der Waals surface area contributed by atoms with Gasteiger partial charge in [0.15, 0.2) is 0 Å². The molecule has 1 N–H and O–H groups in total. The van der Waals surface area contributed by atoms with Crippen molar-refractivity contribution in [2.75, 3.05) is 9.80 Å². The van der Waals surface area contributed by atoms with Gasteiger partial charge in [0.05, 0.1) is 44.6 Å². The van der Waals surface area contributed by atoms with E-state index in [1.54, 1.807) is 32.2 Å². The van der Waals surface area contributed by atoms with Gasteiger partial charge in [0.1, 0.15) is 29.6 Å². The molecule has 274 valence electrons. The lowest BCUT2D eigenvalue weighted by Gasteiger charge is -2.48. The molecule has 1 saturated carbocycles. The summed E-state index contributed by atoms with van der Waals surface area (Å²) in [5, 5.41) is 27.8. The van der Waals surface area contributed by atoms with Crippen LogP contribution in [-0.2, 0) is 32.8 Å². The summed E-state index contributed by atoms with van der Waals surface area (Å²) in [5.74, 6) is -4.94. The molecule has 5 aromatic rings. The first-order valence-electron chi connectivity index (χ1n) is 17.5. The summed E-state index contributed by atoms with van der Waals surface area (Å²) >= 11 is 7.83. The zero-order chi connectivity index (χ0) is 38.0. The number of nitrogens with zero attached hydrogens (tertiary/aromatic N) is 5. The van der Waals surface area contributed by atoms with Gasteiger partial charge in [-0.2, -0.15) is 5.10 Å². The second-order valence-corrected chi connectivity index (χ2v) is 16.1. The van der Waals surface area contributed by atoms with Crippen LogP contribution in [0.15, 0.2) is 76.7 Å². The highest BCUT2D eigenvalue weighted by molar-refractivity contribution is 7.22. The van der Waals surface area contributed by atoms with Crippen LogP contribution in [0.2, 0.25) is 5.02 Å². The van der Waals surface area contributed by atoms with Crippen LogP contribution in [-0.4, -0.2) is 43.4 Å². The lowest BCUT2D eigenvalue weighted by molar-refractivity contribution is -0.384. The molecule has 4 amide bonds. The molecular formula is C39H32ClN5O8S. The SMILES string of the molecule is Cc1c(-c2cc(N3C(=O)C4CC5C(=CCC6C(=O)N(c7cccc([N+](=O)[O-])c7)C(=O)C65)C(c5ccc(CO)o5)C4(C)C3=O)n(C)n2)sc2ccc(Cl)cc12. The number of aliphatic hydroxyl groups is 1. The van der Waals surface area contributed by atoms with Gasteiger partial charge in [-0.3, -0.25) is 34.0 Å². The van der Waals surface area contributed by atoms with Gasteiger partial charge in [-0.15, -0.1) is 11.3 Å². The zero-order valence-electron chi connectivity index (χ0n) is 29.2. The first-order valence-corrected chi connectivity index (χ1v) is 18.7. The summed E-state index contributed by atoms with van der Waals surface area (Å²) in [5.41, 5.74) is 0.760. The molecule has 2 aliphatic heterocycles. The van der Waals surface area contributed by atoms with Gasteiger partial charge in [0, 0.05) is 35.0 Å². The Morgan fingerprint density at radius 3 is 2.57 bits per heavy atom. The highest BCUT2D eigenvalue weighted by Gasteiger charge is 2.68. The number of hydrogen-bond donors (Lipinski definition) is 1. The van der Waals surface area contributed by atoms with E-state index in [0.717, 1.165) is 25.4 Å². The number of carbonyl (C=O) groups excluding carboxylic acids is 4. The Morgan fingerprint density at radius 2 is 1.83 bits per heavy atom. The highest BCUT2D eigenvalue weighted by atomic mass is 35.5. The van der Waals surface area contributed by atoms with Crippen LogP contribution in [0.5, 0.6) is 0 Å². The fourth-order valence-corrected chi connectivity index (χ4v) is 10.7. The van der Waals surface area contributed by atoms with Crippen molar-refractivity contribution in [2.24, 2.45) is 36.1 Å². The van der Waals surface area contributed by atoms with Gasteiger partial charge in [-0.25, -0.2) is 9.80 Å². The molecule has 2 aromatic carbocycles. The van der Waals surface area contributed by atoms with Gasteiger partial charge in [-0.05, 0) is 80.0 Å². The van der Waals surface area contributed by atoms with E-state index in [0.29, 0.717) is 27.9 Å². The lowest BCUT2D eigenvalue weighted by Crippen LogP contribution is -2.48. The summed E-state index contributed by atoms with van der Waals surface area (Å²) in [7, 11) is 1.68. The Kier molecular flexibility index (Phi) is 7.65. The molecule has 15 heteroatoms. The normalized spacial score (nSPS) is 26.4. The molecule has 0 radical (unpaired) electrons. The van der Waals surface area contributed by atoms with Crippen LogP contribution in [0.3, 0.4) is 0 Å². The van der Waals surface area contributed by atoms with Crippen molar-refractivity contribution in [1.29, 1.82) is 0 Å². The average molecular weight is 766 g/mol. The number of nitro benzene ring substituents is 1. The molecule has 2 saturated heterocycles. The first kappa shape index (κ1) is 34.3. The largest absolute Gasteiger partial charge is 0.463 e. The Hall–Kier alpha value is -5.44. The van der Waals surface area contributed by atoms with Crippen LogP contribution < -0.4 is 9.80 Å². The van der Waals surface area contributed by atoms with Crippen LogP contribution in [0.25, 0.3) is 20.7 Å². The topological polar surface area (TPSA) is 169 Å². The third-order valence-electron chi connectivity index (χ3n) is 11.9. The van der Waals surface area contributed by atoms with E-state index in [1.165, 1.54) is 45.2 Å². The number of aromatic nitrogens is 2. The van der Waals surface area contributed by atoms with Crippen LogP contribution >= 0.6 is 22.9 Å². The fourth-order valence-electron chi connectivity index (χ4n) is 9.38. The predicted octanol–water partition coefficient (Wildman–Crippen LogP) is 6.69. The van der Waals surface area contributed by atoms with Crippen molar-refractivity contribution in [3.63, 3.8) is 0 Å². The first-order chi connectivity index (χ1) is 25.8. The van der Waals surface area contributed by atoms with Crippen molar-refractivity contribution in [3.05, 3.63) is 105 Å². The molecule has 54 heavy (non-hydrogen) atoms. The summed E-state index contributed by atoms with van der Waals surface area (Å²) in [6.07, 6.45) is 2.19. The second-order valence-electron chi connectivity index (χ2n) is 14.6. The number of rotatable bonds is 6. The predicted molar refractivity (Wildman–Crippen MR) is 199 cm³/mol. The quantitative estimate of drug-likeness (QED) is 0.0857.